The predicted molar refractivity (Wildman–Crippen MR) is 252 cm³/mol. The summed E-state index contributed by atoms with van der Waals surface area (Å²) in [6.45, 7) is 6.79. The lowest BCUT2D eigenvalue weighted by Crippen LogP contribution is -1.91. The van der Waals surface area contributed by atoms with Crippen molar-refractivity contribution in [3.05, 3.63) is 182 Å². The molecule has 11 aromatic rings. The topological polar surface area (TPSA) is 26.3 Å². The molecule has 0 aliphatic heterocycles. The van der Waals surface area contributed by atoms with Crippen molar-refractivity contribution < 1.29 is 8.83 Å². The van der Waals surface area contributed by atoms with Crippen molar-refractivity contribution in [1.82, 2.24) is 0 Å². The van der Waals surface area contributed by atoms with Crippen LogP contribution in [0.1, 0.15) is 40.0 Å². The molecule has 286 valence electrons. The monoisotopic (exact) mass is 762 g/mol. The van der Waals surface area contributed by atoms with Gasteiger partial charge in [0.15, 0.2) is 0 Å². The molecule has 0 saturated heterocycles. The minimum Gasteiger partial charge on any atom is -0.456 e. The van der Waals surface area contributed by atoms with Crippen LogP contribution in [0, 0.1) is 5.92 Å². The molecule has 0 spiro atoms. The van der Waals surface area contributed by atoms with Crippen LogP contribution in [0.5, 0.6) is 0 Å². The maximum atomic E-state index is 6.13. The van der Waals surface area contributed by atoms with Crippen LogP contribution >= 0.6 is 0 Å². The second-order valence-corrected chi connectivity index (χ2v) is 16.2. The van der Waals surface area contributed by atoms with E-state index in [1.165, 1.54) is 85.3 Å². The number of hydrogen-bond donors (Lipinski definition) is 0. The minimum atomic E-state index is 0.903. The Bertz CT molecular complexity index is 3230. The zero-order valence-electron chi connectivity index (χ0n) is 33.8. The van der Waals surface area contributed by atoms with Crippen molar-refractivity contribution in [2.75, 3.05) is 0 Å². The number of rotatable bonds is 7. The summed E-state index contributed by atoms with van der Waals surface area (Å²) in [4.78, 5) is 0. The standard InChI is InChI=1S/C50H30O2.C7H16/c1-3-16-41-39(14-1)49(32-22-20-31(21-23-32)34-24-26-47-43(29-34)37-12-5-7-18-45(37)51-47)40-15-2-4-17-42(40)50(41)36-11-9-10-33(28-36)35-25-27-48-44(30-35)38-13-6-8-19-46(38)52-48;1-4-5-6-7(2)3/h1-30H;7H,4-6H2,1-3H3. The van der Waals surface area contributed by atoms with Gasteiger partial charge in [-0.15, -0.1) is 0 Å². The Balaban J connectivity index is 0.000000555. The van der Waals surface area contributed by atoms with Crippen LogP contribution in [0.2, 0.25) is 0 Å². The second-order valence-electron chi connectivity index (χ2n) is 16.2. The highest BCUT2D eigenvalue weighted by Crippen LogP contribution is 2.45. The molecule has 2 nitrogen and oxygen atoms in total. The fourth-order valence-electron chi connectivity index (χ4n) is 8.86. The number of furan rings is 2. The SMILES string of the molecule is CCCCC(C)C.c1cc(-c2ccc3oc4ccccc4c3c2)cc(-c2c3ccccc3c(-c3ccc(-c4ccc5oc6ccccc6c5c4)cc3)c3ccccc23)c1. The third-order valence-electron chi connectivity index (χ3n) is 11.8. The van der Waals surface area contributed by atoms with E-state index in [0.29, 0.717) is 0 Å². The molecule has 0 atom stereocenters. The van der Waals surface area contributed by atoms with Gasteiger partial charge < -0.3 is 8.83 Å². The third kappa shape index (κ3) is 6.75. The smallest absolute Gasteiger partial charge is 0.135 e. The molecule has 2 heterocycles. The van der Waals surface area contributed by atoms with Crippen LogP contribution in [0.15, 0.2) is 191 Å². The van der Waals surface area contributed by atoms with Gasteiger partial charge in [-0.2, -0.15) is 0 Å². The van der Waals surface area contributed by atoms with Crippen LogP contribution in [0.25, 0.3) is 110 Å². The molecule has 0 unspecified atom stereocenters. The van der Waals surface area contributed by atoms with Crippen LogP contribution in [0.3, 0.4) is 0 Å². The average Bonchev–Trinajstić information content (AvgIpc) is 3.85. The van der Waals surface area contributed by atoms with Crippen LogP contribution < -0.4 is 0 Å². The fraction of sp³-hybridized carbons (Fsp3) is 0.123. The molecular formula is C57H46O2. The number of unbranched alkanes of at least 4 members (excludes halogenated alkanes) is 1. The molecule has 0 bridgehead atoms. The van der Waals surface area contributed by atoms with Gasteiger partial charge in [0.25, 0.3) is 0 Å². The molecule has 2 heteroatoms. The zero-order valence-corrected chi connectivity index (χ0v) is 33.8. The van der Waals surface area contributed by atoms with Crippen molar-refractivity contribution in [3.63, 3.8) is 0 Å². The van der Waals surface area contributed by atoms with Crippen molar-refractivity contribution in [2.45, 2.75) is 40.0 Å². The van der Waals surface area contributed by atoms with E-state index < -0.39 is 0 Å². The van der Waals surface area contributed by atoms with Gasteiger partial charge in [-0.3, -0.25) is 0 Å². The minimum absolute atomic E-state index is 0.903. The number of hydrogen-bond acceptors (Lipinski definition) is 2. The van der Waals surface area contributed by atoms with Gasteiger partial charge >= 0.3 is 0 Å². The van der Waals surface area contributed by atoms with E-state index in [2.05, 4.69) is 178 Å². The number of fused-ring (bicyclic) bond motifs is 8. The summed E-state index contributed by atoms with van der Waals surface area (Å²) in [6.07, 6.45) is 4.15. The first-order valence-electron chi connectivity index (χ1n) is 21.0. The molecule has 9 aromatic carbocycles. The predicted octanol–water partition coefficient (Wildman–Crippen LogP) is 17.3. The summed E-state index contributed by atoms with van der Waals surface area (Å²) in [5.41, 5.74) is 13.3. The molecule has 0 aliphatic carbocycles. The van der Waals surface area contributed by atoms with E-state index in [0.717, 1.165) is 49.8 Å². The van der Waals surface area contributed by atoms with Crippen LogP contribution in [0.4, 0.5) is 0 Å². The average molecular weight is 763 g/mol. The molecule has 0 fully saturated rings. The Hall–Kier alpha value is -6.90. The Morgan fingerprint density at radius 3 is 1.22 bits per heavy atom. The van der Waals surface area contributed by atoms with E-state index in [1.807, 2.05) is 24.3 Å². The molecule has 0 saturated carbocycles. The number of para-hydroxylation sites is 2. The fourth-order valence-corrected chi connectivity index (χ4v) is 8.86. The summed E-state index contributed by atoms with van der Waals surface area (Å²) < 4.78 is 12.2. The summed E-state index contributed by atoms with van der Waals surface area (Å²) in [7, 11) is 0. The molecule has 0 N–H and O–H groups in total. The second kappa shape index (κ2) is 15.5. The maximum absolute atomic E-state index is 6.13. The molecule has 11 rings (SSSR count). The summed E-state index contributed by atoms with van der Waals surface area (Å²) in [6, 6.07) is 65.3. The van der Waals surface area contributed by atoms with Gasteiger partial charge in [0.2, 0.25) is 0 Å². The lowest BCUT2D eigenvalue weighted by Gasteiger charge is -2.18. The highest BCUT2D eigenvalue weighted by Gasteiger charge is 2.18. The Kier molecular flexibility index (Phi) is 9.55. The van der Waals surface area contributed by atoms with Crippen LogP contribution in [-0.2, 0) is 0 Å². The van der Waals surface area contributed by atoms with Gasteiger partial charge in [0.1, 0.15) is 22.3 Å². The van der Waals surface area contributed by atoms with Crippen molar-refractivity contribution in [3.8, 4) is 44.5 Å². The normalized spacial score (nSPS) is 11.7. The lowest BCUT2D eigenvalue weighted by molar-refractivity contribution is 0.550. The third-order valence-corrected chi connectivity index (χ3v) is 11.8. The van der Waals surface area contributed by atoms with E-state index in [1.54, 1.807) is 0 Å². The number of benzene rings is 9. The molecule has 0 aliphatic rings. The van der Waals surface area contributed by atoms with E-state index in [9.17, 15) is 0 Å². The van der Waals surface area contributed by atoms with Crippen molar-refractivity contribution in [2.24, 2.45) is 5.92 Å². The highest BCUT2D eigenvalue weighted by atomic mass is 16.3. The Morgan fingerprint density at radius 2 is 0.729 bits per heavy atom. The van der Waals surface area contributed by atoms with E-state index >= 15 is 0 Å². The van der Waals surface area contributed by atoms with Gasteiger partial charge in [-0.25, -0.2) is 0 Å². The van der Waals surface area contributed by atoms with E-state index in [4.69, 9.17) is 8.83 Å². The van der Waals surface area contributed by atoms with Crippen LogP contribution in [-0.4, -0.2) is 0 Å². The zero-order chi connectivity index (χ0) is 39.9. The molecule has 0 amide bonds. The van der Waals surface area contributed by atoms with Crippen molar-refractivity contribution >= 4 is 65.4 Å². The first-order valence-corrected chi connectivity index (χ1v) is 21.0. The maximum Gasteiger partial charge on any atom is 0.135 e. The Labute approximate surface area is 345 Å². The van der Waals surface area contributed by atoms with E-state index in [-0.39, 0.29) is 0 Å². The molecular weight excluding hydrogens is 717 g/mol. The first kappa shape index (κ1) is 36.4. The summed E-state index contributed by atoms with van der Waals surface area (Å²) >= 11 is 0. The largest absolute Gasteiger partial charge is 0.456 e. The van der Waals surface area contributed by atoms with Gasteiger partial charge in [0, 0.05) is 21.5 Å². The van der Waals surface area contributed by atoms with Gasteiger partial charge in [0.05, 0.1) is 0 Å². The molecule has 0 radical (unpaired) electrons. The quantitative estimate of drug-likeness (QED) is 0.151. The van der Waals surface area contributed by atoms with Crippen molar-refractivity contribution in [1.29, 1.82) is 0 Å². The summed E-state index contributed by atoms with van der Waals surface area (Å²) in [5, 5.41) is 9.54. The molecule has 2 aromatic heterocycles. The Morgan fingerprint density at radius 1 is 0.339 bits per heavy atom. The first-order chi connectivity index (χ1) is 29.0. The summed E-state index contributed by atoms with van der Waals surface area (Å²) in [5.74, 6) is 0.903. The van der Waals surface area contributed by atoms with Gasteiger partial charge in [-0.05, 0) is 114 Å². The molecule has 59 heavy (non-hydrogen) atoms. The van der Waals surface area contributed by atoms with Gasteiger partial charge in [-0.1, -0.05) is 180 Å². The lowest BCUT2D eigenvalue weighted by atomic mass is 9.85. The highest BCUT2D eigenvalue weighted by molar-refractivity contribution is 6.21.